The van der Waals surface area contributed by atoms with Gasteiger partial charge in [0.1, 0.15) is 10.0 Å². The fourth-order valence-corrected chi connectivity index (χ4v) is 4.27. The van der Waals surface area contributed by atoms with Crippen molar-refractivity contribution in [1.29, 1.82) is 0 Å². The van der Waals surface area contributed by atoms with Crippen LogP contribution in [-0.4, -0.2) is 38.5 Å². The van der Waals surface area contributed by atoms with Crippen molar-refractivity contribution < 1.29 is 9.59 Å². The maximum atomic E-state index is 12.9. The van der Waals surface area contributed by atoms with Crippen LogP contribution in [0.5, 0.6) is 0 Å². The van der Waals surface area contributed by atoms with Crippen LogP contribution in [0.15, 0.2) is 48.8 Å². The van der Waals surface area contributed by atoms with Crippen LogP contribution in [0.25, 0.3) is 10.6 Å². The lowest BCUT2D eigenvalue weighted by atomic mass is 9.96. The molecular formula is C19H19N5O2S. The zero-order valence-electron chi connectivity index (χ0n) is 15.0. The Morgan fingerprint density at radius 2 is 2.00 bits per heavy atom. The fraction of sp³-hybridized carbons (Fsp3) is 0.263. The minimum Gasteiger partial charge on any atom is -0.336 e. The van der Waals surface area contributed by atoms with Crippen LogP contribution in [0.4, 0.5) is 5.00 Å². The molecule has 2 aromatic heterocycles. The van der Waals surface area contributed by atoms with Gasteiger partial charge in [0.15, 0.2) is 0 Å². The molecule has 3 heterocycles. The standard InChI is InChI=1S/C19H19N5O2S/c1-23-16(25)10-13(17(23)14-8-9-21-24(14)2)18(26)22-15-11-20-19(27-15)12-6-4-3-5-7-12/h3-9,11,13,17H,10H2,1-2H3,(H,22,26)/t13-,17-/m1/s1. The zero-order valence-corrected chi connectivity index (χ0v) is 15.8. The number of benzene rings is 1. The molecule has 0 saturated carbocycles. The molecule has 4 rings (SSSR count). The molecule has 1 aromatic carbocycles. The largest absolute Gasteiger partial charge is 0.336 e. The number of amides is 2. The molecule has 2 atom stereocenters. The molecule has 1 saturated heterocycles. The van der Waals surface area contributed by atoms with E-state index in [1.807, 2.05) is 43.4 Å². The molecule has 0 radical (unpaired) electrons. The monoisotopic (exact) mass is 381 g/mol. The van der Waals surface area contributed by atoms with Gasteiger partial charge in [-0.15, -0.1) is 0 Å². The van der Waals surface area contributed by atoms with Gasteiger partial charge in [-0.25, -0.2) is 4.98 Å². The molecule has 1 aliphatic heterocycles. The molecule has 1 fully saturated rings. The molecule has 3 aromatic rings. The van der Waals surface area contributed by atoms with Crippen molar-refractivity contribution in [2.45, 2.75) is 12.5 Å². The number of aryl methyl sites for hydroxylation is 1. The van der Waals surface area contributed by atoms with Crippen LogP contribution in [-0.2, 0) is 16.6 Å². The first-order valence-electron chi connectivity index (χ1n) is 8.60. The van der Waals surface area contributed by atoms with Crippen molar-refractivity contribution in [2.24, 2.45) is 13.0 Å². The van der Waals surface area contributed by atoms with E-state index in [1.165, 1.54) is 11.3 Å². The summed E-state index contributed by atoms with van der Waals surface area (Å²) >= 11 is 1.42. The molecule has 1 N–H and O–H groups in total. The van der Waals surface area contributed by atoms with Gasteiger partial charge in [0.2, 0.25) is 11.8 Å². The number of rotatable bonds is 4. The topological polar surface area (TPSA) is 80.1 Å². The Balaban J connectivity index is 1.55. The molecule has 27 heavy (non-hydrogen) atoms. The zero-order chi connectivity index (χ0) is 19.0. The highest BCUT2D eigenvalue weighted by molar-refractivity contribution is 7.19. The average molecular weight is 381 g/mol. The molecule has 1 aliphatic rings. The number of thiazole rings is 1. The second kappa shape index (κ2) is 6.96. The van der Waals surface area contributed by atoms with Gasteiger partial charge in [0.25, 0.3) is 0 Å². The van der Waals surface area contributed by atoms with Crippen LogP contribution in [0, 0.1) is 5.92 Å². The van der Waals surface area contributed by atoms with Crippen molar-refractivity contribution in [1.82, 2.24) is 19.7 Å². The molecule has 0 spiro atoms. The SMILES string of the molecule is CN1C(=O)C[C@@H](C(=O)Nc2cnc(-c3ccccc3)s2)[C@@H]1c1ccnn1C. The van der Waals surface area contributed by atoms with Crippen LogP contribution in [0.1, 0.15) is 18.2 Å². The van der Waals surface area contributed by atoms with E-state index < -0.39 is 5.92 Å². The third kappa shape index (κ3) is 3.23. The van der Waals surface area contributed by atoms with E-state index in [9.17, 15) is 9.59 Å². The molecule has 0 unspecified atom stereocenters. The number of hydrogen-bond acceptors (Lipinski definition) is 5. The Hall–Kier alpha value is -3.00. The van der Waals surface area contributed by atoms with Gasteiger partial charge < -0.3 is 10.2 Å². The van der Waals surface area contributed by atoms with Crippen LogP contribution in [0.2, 0.25) is 0 Å². The third-order valence-electron chi connectivity index (χ3n) is 4.86. The summed E-state index contributed by atoms with van der Waals surface area (Å²) in [5.41, 5.74) is 1.85. The number of nitrogens with zero attached hydrogens (tertiary/aromatic N) is 4. The van der Waals surface area contributed by atoms with E-state index in [4.69, 9.17) is 0 Å². The van der Waals surface area contributed by atoms with Gasteiger partial charge in [-0.3, -0.25) is 14.3 Å². The van der Waals surface area contributed by atoms with Crippen molar-refractivity contribution in [3.63, 3.8) is 0 Å². The first-order valence-corrected chi connectivity index (χ1v) is 9.42. The molecule has 0 bridgehead atoms. The van der Waals surface area contributed by atoms with Gasteiger partial charge >= 0.3 is 0 Å². The number of anilines is 1. The average Bonchev–Trinajstić information content (AvgIpc) is 3.37. The first-order chi connectivity index (χ1) is 13.0. The Morgan fingerprint density at radius 1 is 1.22 bits per heavy atom. The molecule has 0 aliphatic carbocycles. The third-order valence-corrected chi connectivity index (χ3v) is 5.82. The first kappa shape index (κ1) is 17.4. The van der Waals surface area contributed by atoms with Gasteiger partial charge in [-0.1, -0.05) is 41.7 Å². The highest BCUT2D eigenvalue weighted by Crippen LogP contribution is 2.38. The summed E-state index contributed by atoms with van der Waals surface area (Å²) in [6.45, 7) is 0. The maximum absolute atomic E-state index is 12.9. The Labute approximate surface area is 160 Å². The minimum atomic E-state index is -0.472. The summed E-state index contributed by atoms with van der Waals surface area (Å²) in [5, 5.41) is 8.62. The van der Waals surface area contributed by atoms with Crippen molar-refractivity contribution in [3.8, 4) is 10.6 Å². The summed E-state index contributed by atoms with van der Waals surface area (Å²) in [5.74, 6) is -0.696. The predicted molar refractivity (Wildman–Crippen MR) is 103 cm³/mol. The maximum Gasteiger partial charge on any atom is 0.231 e. The number of hydrogen-bond donors (Lipinski definition) is 1. The number of nitrogens with one attached hydrogen (secondary N) is 1. The molecule has 7 nitrogen and oxygen atoms in total. The molecule has 138 valence electrons. The van der Waals surface area contributed by atoms with Crippen molar-refractivity contribution >= 4 is 28.2 Å². The van der Waals surface area contributed by atoms with E-state index in [0.29, 0.717) is 5.00 Å². The lowest BCUT2D eigenvalue weighted by molar-refractivity contribution is -0.128. The number of carbonyl (C=O) groups is 2. The van der Waals surface area contributed by atoms with Crippen LogP contribution in [0.3, 0.4) is 0 Å². The number of aromatic nitrogens is 3. The minimum absolute atomic E-state index is 0.0457. The summed E-state index contributed by atoms with van der Waals surface area (Å²) in [4.78, 5) is 31.2. The lowest BCUT2D eigenvalue weighted by Gasteiger charge is -2.24. The Morgan fingerprint density at radius 3 is 2.70 bits per heavy atom. The Kier molecular flexibility index (Phi) is 4.49. The second-order valence-electron chi connectivity index (χ2n) is 6.52. The predicted octanol–water partition coefficient (Wildman–Crippen LogP) is 2.70. The summed E-state index contributed by atoms with van der Waals surface area (Å²) in [6, 6.07) is 11.3. The van der Waals surface area contributed by atoms with Crippen molar-refractivity contribution in [2.75, 3.05) is 12.4 Å². The van der Waals surface area contributed by atoms with E-state index in [1.54, 1.807) is 29.0 Å². The summed E-state index contributed by atoms with van der Waals surface area (Å²) in [7, 11) is 3.55. The quantitative estimate of drug-likeness (QED) is 0.754. The highest BCUT2D eigenvalue weighted by Gasteiger charge is 2.44. The second-order valence-corrected chi connectivity index (χ2v) is 7.56. The Bertz CT molecular complexity index is 981. The van der Waals surface area contributed by atoms with E-state index >= 15 is 0 Å². The van der Waals surface area contributed by atoms with E-state index in [2.05, 4.69) is 15.4 Å². The van der Waals surface area contributed by atoms with Crippen LogP contribution >= 0.6 is 11.3 Å². The lowest BCUT2D eigenvalue weighted by Crippen LogP contribution is -2.31. The summed E-state index contributed by atoms with van der Waals surface area (Å²) in [6.07, 6.45) is 3.52. The molecular weight excluding hydrogens is 362 g/mol. The number of likely N-dealkylation sites (tertiary alicyclic amines) is 1. The van der Waals surface area contributed by atoms with Gasteiger partial charge in [0, 0.05) is 32.3 Å². The van der Waals surface area contributed by atoms with Gasteiger partial charge in [0.05, 0.1) is 23.9 Å². The van der Waals surface area contributed by atoms with Crippen LogP contribution < -0.4 is 5.32 Å². The number of carbonyl (C=O) groups excluding carboxylic acids is 2. The molecule has 8 heteroatoms. The highest BCUT2D eigenvalue weighted by atomic mass is 32.1. The van der Waals surface area contributed by atoms with Gasteiger partial charge in [-0.2, -0.15) is 5.10 Å². The van der Waals surface area contributed by atoms with Gasteiger partial charge in [-0.05, 0) is 6.07 Å². The van der Waals surface area contributed by atoms with E-state index in [0.717, 1.165) is 16.3 Å². The molecule has 2 amide bonds. The smallest absolute Gasteiger partial charge is 0.231 e. The van der Waals surface area contributed by atoms with E-state index in [-0.39, 0.29) is 24.3 Å². The fourth-order valence-electron chi connectivity index (χ4n) is 3.44. The van der Waals surface area contributed by atoms with Crippen molar-refractivity contribution in [3.05, 3.63) is 54.5 Å². The summed E-state index contributed by atoms with van der Waals surface area (Å²) < 4.78 is 1.71. The normalized spacial score (nSPS) is 19.5.